The molecule has 1 atom stereocenters. The Morgan fingerprint density at radius 2 is 2.00 bits per heavy atom. The van der Waals surface area contributed by atoms with E-state index in [1.54, 1.807) is 0 Å². The van der Waals surface area contributed by atoms with Gasteiger partial charge in [0, 0.05) is 5.57 Å². The maximum Gasteiger partial charge on any atom is 0.135 e. The summed E-state index contributed by atoms with van der Waals surface area (Å²) in [4.78, 5) is 0. The van der Waals surface area contributed by atoms with Crippen LogP contribution in [-0.4, -0.2) is 25.6 Å². The van der Waals surface area contributed by atoms with Crippen LogP contribution in [-0.2, 0) is 0 Å². The zero-order valence-corrected chi connectivity index (χ0v) is 12.8. The number of quaternary nitrogens is 1. The minimum absolute atomic E-state index is 0.731. The van der Waals surface area contributed by atoms with E-state index in [0.29, 0.717) is 0 Å². The molecule has 0 aliphatic heterocycles. The van der Waals surface area contributed by atoms with Crippen molar-refractivity contribution in [3.05, 3.63) is 47.2 Å². The van der Waals surface area contributed by atoms with E-state index >= 15 is 0 Å². The van der Waals surface area contributed by atoms with Crippen LogP contribution >= 0.6 is 0 Å². The van der Waals surface area contributed by atoms with Crippen molar-refractivity contribution in [2.24, 2.45) is 5.92 Å². The van der Waals surface area contributed by atoms with Gasteiger partial charge in [-0.2, -0.15) is 0 Å². The second kappa shape index (κ2) is 6.19. The first-order chi connectivity index (χ1) is 8.36. The summed E-state index contributed by atoms with van der Waals surface area (Å²) < 4.78 is 0.873. The molecule has 0 aromatic rings. The van der Waals surface area contributed by atoms with Crippen LogP contribution in [0.5, 0.6) is 0 Å². The first kappa shape index (κ1) is 15.0. The monoisotopic (exact) mass is 246 g/mol. The van der Waals surface area contributed by atoms with Crippen LogP contribution in [0.2, 0.25) is 0 Å². The normalized spacial score (nSPS) is 22.8. The van der Waals surface area contributed by atoms with Crippen LogP contribution in [0.25, 0.3) is 0 Å². The zero-order chi connectivity index (χ0) is 13.8. The van der Waals surface area contributed by atoms with Crippen LogP contribution in [0, 0.1) is 5.92 Å². The number of hydrogen-bond acceptors (Lipinski definition) is 0. The second-order valence-electron chi connectivity index (χ2n) is 6.20. The minimum Gasteiger partial charge on any atom is -0.298 e. The van der Waals surface area contributed by atoms with E-state index in [2.05, 4.69) is 72.3 Å². The molecule has 0 saturated heterocycles. The molecule has 1 heteroatoms. The highest BCUT2D eigenvalue weighted by atomic mass is 15.3. The number of nitrogens with zero attached hydrogens (tertiary/aromatic N) is 1. The highest BCUT2D eigenvalue weighted by molar-refractivity contribution is 5.38. The number of rotatable bonds is 3. The smallest absolute Gasteiger partial charge is 0.135 e. The molecular weight excluding hydrogens is 218 g/mol. The largest absolute Gasteiger partial charge is 0.298 e. The fraction of sp³-hybridized carbons (Fsp3) is 0.529. The summed E-state index contributed by atoms with van der Waals surface area (Å²) in [7, 11) is 6.73. The molecule has 0 amide bonds. The van der Waals surface area contributed by atoms with Gasteiger partial charge in [-0.3, -0.25) is 4.48 Å². The molecule has 0 unspecified atom stereocenters. The van der Waals surface area contributed by atoms with Crippen LogP contribution in [0.15, 0.2) is 47.2 Å². The third kappa shape index (κ3) is 3.99. The molecule has 1 aliphatic carbocycles. The second-order valence-corrected chi connectivity index (χ2v) is 6.20. The highest BCUT2D eigenvalue weighted by Gasteiger charge is 2.23. The van der Waals surface area contributed by atoms with Gasteiger partial charge in [0.1, 0.15) is 5.70 Å². The molecule has 0 saturated carbocycles. The third-order valence-electron chi connectivity index (χ3n) is 3.41. The van der Waals surface area contributed by atoms with Gasteiger partial charge >= 0.3 is 0 Å². The van der Waals surface area contributed by atoms with Gasteiger partial charge in [-0.25, -0.2) is 0 Å². The molecule has 1 rings (SSSR count). The van der Waals surface area contributed by atoms with Gasteiger partial charge in [0.15, 0.2) is 0 Å². The Balaban J connectivity index is 3.24. The summed E-state index contributed by atoms with van der Waals surface area (Å²) >= 11 is 0. The van der Waals surface area contributed by atoms with Gasteiger partial charge in [-0.1, -0.05) is 31.2 Å². The van der Waals surface area contributed by atoms with Gasteiger partial charge < -0.3 is 0 Å². The van der Waals surface area contributed by atoms with Crippen molar-refractivity contribution in [1.82, 2.24) is 0 Å². The Morgan fingerprint density at radius 3 is 2.56 bits per heavy atom. The molecule has 1 nitrogen and oxygen atoms in total. The first-order valence-electron chi connectivity index (χ1n) is 6.88. The lowest BCUT2D eigenvalue weighted by atomic mass is 9.94. The first-order valence-corrected chi connectivity index (χ1v) is 6.88. The van der Waals surface area contributed by atoms with Gasteiger partial charge in [-0.15, -0.1) is 0 Å². The molecule has 100 valence electrons. The van der Waals surface area contributed by atoms with Gasteiger partial charge in [0.25, 0.3) is 0 Å². The molecule has 0 bridgehead atoms. The van der Waals surface area contributed by atoms with Gasteiger partial charge in [0.2, 0.25) is 0 Å². The summed E-state index contributed by atoms with van der Waals surface area (Å²) in [6, 6.07) is 0. The van der Waals surface area contributed by atoms with E-state index in [1.165, 1.54) is 29.7 Å². The van der Waals surface area contributed by atoms with E-state index < -0.39 is 0 Å². The van der Waals surface area contributed by atoms with Crippen molar-refractivity contribution in [2.75, 3.05) is 21.1 Å². The topological polar surface area (TPSA) is 0 Å². The molecule has 0 spiro atoms. The summed E-state index contributed by atoms with van der Waals surface area (Å²) in [5.74, 6) is 0.731. The lowest BCUT2D eigenvalue weighted by Crippen LogP contribution is -2.34. The van der Waals surface area contributed by atoms with E-state index in [1.807, 2.05) is 0 Å². The van der Waals surface area contributed by atoms with Crippen LogP contribution in [0.3, 0.4) is 0 Å². The van der Waals surface area contributed by atoms with Crippen molar-refractivity contribution in [3.8, 4) is 0 Å². The van der Waals surface area contributed by atoms with Gasteiger partial charge in [0.05, 0.1) is 21.1 Å². The lowest BCUT2D eigenvalue weighted by Gasteiger charge is -2.29. The fourth-order valence-corrected chi connectivity index (χ4v) is 2.39. The lowest BCUT2D eigenvalue weighted by molar-refractivity contribution is -0.829. The maximum absolute atomic E-state index is 2.34. The number of allylic oxidation sites excluding steroid dienone is 7. The molecule has 0 radical (unpaired) electrons. The minimum atomic E-state index is 0.731. The van der Waals surface area contributed by atoms with Gasteiger partial charge in [-0.05, 0) is 44.3 Å². The van der Waals surface area contributed by atoms with Crippen LogP contribution in [0.1, 0.15) is 33.6 Å². The Labute approximate surface area is 113 Å². The predicted molar refractivity (Wildman–Crippen MR) is 81.2 cm³/mol. The summed E-state index contributed by atoms with van der Waals surface area (Å²) in [5.41, 5.74) is 4.36. The number of likely N-dealkylation sites (N-methyl/N-ethyl adjacent to an activating group) is 1. The Bertz CT molecular complexity index is 400. The van der Waals surface area contributed by atoms with E-state index in [0.717, 1.165) is 10.4 Å². The molecule has 0 fully saturated rings. The standard InChI is InChI=1S/C17H28N/c1-7-8-12-17(18(4,5)6)16-13-14(2)10-9-11-15(16)3/h7-9,11-12,14H,10,13H2,1-6H3/q+1/b8-7-,17-12-/t14-/m1/s1. The summed E-state index contributed by atoms with van der Waals surface area (Å²) in [6.45, 7) is 6.65. The molecule has 0 N–H and O–H groups in total. The molecule has 0 aromatic heterocycles. The molecule has 0 heterocycles. The van der Waals surface area contributed by atoms with Crippen molar-refractivity contribution in [1.29, 1.82) is 0 Å². The highest BCUT2D eigenvalue weighted by Crippen LogP contribution is 2.31. The molecule has 0 aromatic carbocycles. The fourth-order valence-electron chi connectivity index (χ4n) is 2.39. The maximum atomic E-state index is 2.34. The molecule has 18 heavy (non-hydrogen) atoms. The quantitative estimate of drug-likeness (QED) is 0.509. The van der Waals surface area contributed by atoms with E-state index in [4.69, 9.17) is 0 Å². The Kier molecular flexibility index (Phi) is 5.15. The Morgan fingerprint density at radius 1 is 1.33 bits per heavy atom. The summed E-state index contributed by atoms with van der Waals surface area (Å²) in [5, 5.41) is 0. The molecule has 1 aliphatic rings. The zero-order valence-electron chi connectivity index (χ0n) is 12.8. The summed E-state index contributed by atoms with van der Waals surface area (Å²) in [6.07, 6.45) is 13.5. The third-order valence-corrected chi connectivity index (χ3v) is 3.41. The molecular formula is C17H28N+. The van der Waals surface area contributed by atoms with Crippen molar-refractivity contribution in [2.45, 2.75) is 33.6 Å². The average molecular weight is 246 g/mol. The van der Waals surface area contributed by atoms with E-state index in [9.17, 15) is 0 Å². The van der Waals surface area contributed by atoms with Crippen molar-refractivity contribution >= 4 is 0 Å². The Hall–Kier alpha value is -1.08. The van der Waals surface area contributed by atoms with Crippen molar-refractivity contribution in [3.63, 3.8) is 0 Å². The van der Waals surface area contributed by atoms with Crippen LogP contribution in [0.4, 0.5) is 0 Å². The average Bonchev–Trinajstić information content (AvgIpc) is 2.40. The number of hydrogen-bond donors (Lipinski definition) is 0. The van der Waals surface area contributed by atoms with Crippen molar-refractivity contribution < 1.29 is 4.48 Å². The SMILES string of the molecule is C/C=C\C=C(\C1=C(C)C=CC[C@@H](C)C1)[N+](C)(C)C. The van der Waals surface area contributed by atoms with E-state index in [-0.39, 0.29) is 0 Å². The predicted octanol–water partition coefficient (Wildman–Crippen LogP) is 4.46. The van der Waals surface area contributed by atoms with Crippen LogP contribution < -0.4 is 0 Å².